The van der Waals surface area contributed by atoms with Gasteiger partial charge in [-0.3, -0.25) is 4.79 Å². The Balaban J connectivity index is 1.75. The summed E-state index contributed by atoms with van der Waals surface area (Å²) in [6.07, 6.45) is 2.87. The van der Waals surface area contributed by atoms with Crippen LogP contribution in [0.15, 0.2) is 18.3 Å². The van der Waals surface area contributed by atoms with E-state index in [1.807, 2.05) is 11.8 Å². The van der Waals surface area contributed by atoms with E-state index in [1.165, 1.54) is 0 Å². The second-order valence-electron chi connectivity index (χ2n) is 4.86. The van der Waals surface area contributed by atoms with Crippen LogP contribution in [-0.2, 0) is 4.74 Å². The van der Waals surface area contributed by atoms with E-state index in [9.17, 15) is 4.79 Å². The van der Waals surface area contributed by atoms with Crippen LogP contribution in [0.3, 0.4) is 0 Å². The van der Waals surface area contributed by atoms with Crippen LogP contribution >= 0.6 is 11.8 Å². The van der Waals surface area contributed by atoms with Crippen molar-refractivity contribution in [2.45, 2.75) is 12.5 Å². The van der Waals surface area contributed by atoms with Crippen molar-refractivity contribution < 1.29 is 14.3 Å². The summed E-state index contributed by atoms with van der Waals surface area (Å²) in [5, 5.41) is 0. The molecular formula is C14H18N2O3S. The minimum Gasteiger partial charge on any atom is -0.473 e. The fourth-order valence-electron chi connectivity index (χ4n) is 2.35. The van der Waals surface area contributed by atoms with Crippen LogP contribution in [0.4, 0.5) is 0 Å². The number of rotatable bonds is 3. The quantitative estimate of drug-likeness (QED) is 0.844. The zero-order chi connectivity index (χ0) is 13.8. The monoisotopic (exact) mass is 294 g/mol. The summed E-state index contributed by atoms with van der Waals surface area (Å²) in [7, 11) is 0. The molecule has 2 aliphatic rings. The lowest BCUT2D eigenvalue weighted by atomic mass is 10.2. The topological polar surface area (TPSA) is 51.7 Å². The smallest absolute Gasteiger partial charge is 0.259 e. The largest absolute Gasteiger partial charge is 0.473 e. The minimum absolute atomic E-state index is 0.0120. The average Bonchev–Trinajstić information content (AvgIpc) is 3.01. The van der Waals surface area contributed by atoms with Crippen LogP contribution in [-0.4, -0.2) is 59.7 Å². The summed E-state index contributed by atoms with van der Waals surface area (Å²) < 4.78 is 11.2. The highest BCUT2D eigenvalue weighted by Crippen LogP contribution is 2.25. The molecule has 0 aliphatic carbocycles. The van der Waals surface area contributed by atoms with Crippen molar-refractivity contribution >= 4 is 17.7 Å². The second-order valence-corrected chi connectivity index (χ2v) is 6.01. The Kier molecular flexibility index (Phi) is 4.42. The van der Waals surface area contributed by atoms with Crippen molar-refractivity contribution in [2.75, 3.05) is 37.8 Å². The molecule has 1 aromatic rings. The number of nitrogens with zero attached hydrogens (tertiary/aromatic N) is 2. The van der Waals surface area contributed by atoms with Gasteiger partial charge in [0.15, 0.2) is 0 Å². The van der Waals surface area contributed by atoms with Gasteiger partial charge in [0, 0.05) is 25.0 Å². The molecule has 0 aromatic carbocycles. The van der Waals surface area contributed by atoms with Crippen LogP contribution < -0.4 is 4.74 Å². The third kappa shape index (κ3) is 3.07. The molecule has 108 valence electrons. The fourth-order valence-corrected chi connectivity index (χ4v) is 3.44. The van der Waals surface area contributed by atoms with Gasteiger partial charge in [-0.25, -0.2) is 4.98 Å². The zero-order valence-electron chi connectivity index (χ0n) is 11.3. The van der Waals surface area contributed by atoms with Gasteiger partial charge in [0.05, 0.1) is 13.2 Å². The van der Waals surface area contributed by atoms with E-state index in [2.05, 4.69) is 4.98 Å². The first-order valence-corrected chi connectivity index (χ1v) is 8.06. The maximum Gasteiger partial charge on any atom is 0.259 e. The summed E-state index contributed by atoms with van der Waals surface area (Å²) in [5.74, 6) is 2.55. The molecule has 2 saturated heterocycles. The van der Waals surface area contributed by atoms with Crippen molar-refractivity contribution in [1.29, 1.82) is 0 Å². The molecule has 1 aromatic heterocycles. The van der Waals surface area contributed by atoms with Crippen molar-refractivity contribution in [1.82, 2.24) is 9.88 Å². The Labute approximate surface area is 122 Å². The lowest BCUT2D eigenvalue weighted by molar-refractivity contribution is 0.0298. The van der Waals surface area contributed by atoms with Crippen LogP contribution in [0.2, 0.25) is 0 Å². The van der Waals surface area contributed by atoms with Gasteiger partial charge in [0.1, 0.15) is 11.7 Å². The predicted octanol–water partition coefficient (Wildman–Crippen LogP) is 1.44. The molecule has 1 atom stereocenters. The lowest BCUT2D eigenvalue weighted by Gasteiger charge is -2.27. The molecule has 20 heavy (non-hydrogen) atoms. The molecule has 0 spiro atoms. The molecule has 5 nitrogen and oxygen atoms in total. The number of ether oxygens (including phenoxy) is 2. The highest BCUT2D eigenvalue weighted by Gasteiger charge is 2.25. The molecule has 6 heteroatoms. The van der Waals surface area contributed by atoms with E-state index in [0.717, 1.165) is 17.9 Å². The highest BCUT2D eigenvalue weighted by molar-refractivity contribution is 7.99. The van der Waals surface area contributed by atoms with Gasteiger partial charge in [-0.15, -0.1) is 0 Å². The molecule has 1 amide bonds. The summed E-state index contributed by atoms with van der Waals surface area (Å²) in [5.41, 5.74) is 0.561. The number of amides is 1. The van der Waals surface area contributed by atoms with Crippen molar-refractivity contribution in [3.63, 3.8) is 0 Å². The average molecular weight is 294 g/mol. The molecular weight excluding hydrogens is 276 g/mol. The van der Waals surface area contributed by atoms with Crippen molar-refractivity contribution in [3.8, 4) is 5.88 Å². The normalized spacial score (nSPS) is 22.8. The van der Waals surface area contributed by atoms with Crippen LogP contribution in [0.1, 0.15) is 16.8 Å². The maximum absolute atomic E-state index is 12.5. The number of aromatic nitrogens is 1. The lowest BCUT2D eigenvalue weighted by Crippen LogP contribution is -2.41. The van der Waals surface area contributed by atoms with Crippen molar-refractivity contribution in [3.05, 3.63) is 23.9 Å². The van der Waals surface area contributed by atoms with E-state index in [4.69, 9.17) is 9.47 Å². The minimum atomic E-state index is -0.0120. The molecule has 0 radical (unpaired) electrons. The van der Waals surface area contributed by atoms with Gasteiger partial charge in [-0.05, 0) is 24.3 Å². The first kappa shape index (κ1) is 13.7. The first-order chi connectivity index (χ1) is 9.84. The predicted molar refractivity (Wildman–Crippen MR) is 77.3 cm³/mol. The van der Waals surface area contributed by atoms with Crippen LogP contribution in [0, 0.1) is 0 Å². The number of carbonyl (C=O) groups is 1. The van der Waals surface area contributed by atoms with Crippen molar-refractivity contribution in [2.24, 2.45) is 0 Å². The number of thioether (sulfide) groups is 1. The Morgan fingerprint density at radius 2 is 2.30 bits per heavy atom. The van der Waals surface area contributed by atoms with Crippen LogP contribution in [0.25, 0.3) is 0 Å². The maximum atomic E-state index is 12.5. The molecule has 0 N–H and O–H groups in total. The summed E-state index contributed by atoms with van der Waals surface area (Å²) in [6.45, 7) is 2.46. The Hall–Kier alpha value is -1.27. The number of hydrogen-bond donors (Lipinski definition) is 0. The summed E-state index contributed by atoms with van der Waals surface area (Å²) >= 11 is 1.88. The molecule has 3 rings (SSSR count). The standard InChI is InChI=1S/C14H18N2O3S/c17-14(16-5-7-18-8-6-16)12-2-1-4-15-13(12)19-11-3-9-20-10-11/h1-2,4,11H,3,5-10H2. The van der Waals surface area contributed by atoms with Gasteiger partial charge in [0.2, 0.25) is 5.88 Å². The van der Waals surface area contributed by atoms with E-state index < -0.39 is 0 Å². The first-order valence-electron chi connectivity index (χ1n) is 6.91. The van der Waals surface area contributed by atoms with Crippen LogP contribution in [0.5, 0.6) is 5.88 Å². The van der Waals surface area contributed by atoms with Gasteiger partial charge in [-0.1, -0.05) is 0 Å². The van der Waals surface area contributed by atoms with Gasteiger partial charge < -0.3 is 14.4 Å². The highest BCUT2D eigenvalue weighted by atomic mass is 32.2. The second kappa shape index (κ2) is 6.45. The summed E-state index contributed by atoms with van der Waals surface area (Å²) in [4.78, 5) is 18.6. The van der Waals surface area contributed by atoms with E-state index >= 15 is 0 Å². The fraction of sp³-hybridized carbons (Fsp3) is 0.571. The molecule has 2 aliphatic heterocycles. The van der Waals surface area contributed by atoms with E-state index in [0.29, 0.717) is 37.7 Å². The molecule has 1 unspecified atom stereocenters. The number of pyridine rings is 1. The Morgan fingerprint density at radius 3 is 3.05 bits per heavy atom. The molecule has 3 heterocycles. The number of hydrogen-bond acceptors (Lipinski definition) is 5. The molecule has 0 saturated carbocycles. The van der Waals surface area contributed by atoms with Gasteiger partial charge in [-0.2, -0.15) is 11.8 Å². The molecule has 0 bridgehead atoms. The van der Waals surface area contributed by atoms with E-state index in [1.54, 1.807) is 23.2 Å². The Morgan fingerprint density at radius 1 is 1.45 bits per heavy atom. The number of carbonyl (C=O) groups excluding carboxylic acids is 1. The summed E-state index contributed by atoms with van der Waals surface area (Å²) in [6, 6.07) is 3.58. The molecule has 2 fully saturated rings. The van der Waals surface area contributed by atoms with Gasteiger partial charge >= 0.3 is 0 Å². The van der Waals surface area contributed by atoms with Gasteiger partial charge in [0.25, 0.3) is 5.91 Å². The number of morpholine rings is 1. The SMILES string of the molecule is O=C(c1cccnc1OC1CCSC1)N1CCOCC1. The van der Waals surface area contributed by atoms with E-state index in [-0.39, 0.29) is 12.0 Å². The third-order valence-electron chi connectivity index (χ3n) is 3.47. The zero-order valence-corrected chi connectivity index (χ0v) is 12.1. The third-order valence-corrected chi connectivity index (χ3v) is 4.60. The Bertz CT molecular complexity index is 471.